The summed E-state index contributed by atoms with van der Waals surface area (Å²) < 4.78 is 4.92. The Balaban J connectivity index is 1.95. The molecule has 0 fully saturated rings. The smallest absolute Gasteiger partial charge is 0.234 e. The van der Waals surface area contributed by atoms with Crippen molar-refractivity contribution in [2.45, 2.75) is 71.9 Å². The van der Waals surface area contributed by atoms with E-state index in [0.717, 1.165) is 19.5 Å². The Morgan fingerprint density at radius 1 is 1.05 bits per heavy atom. The molecule has 120 valence electrons. The van der Waals surface area contributed by atoms with Gasteiger partial charge in [0.25, 0.3) is 5.82 Å². The van der Waals surface area contributed by atoms with Crippen molar-refractivity contribution < 1.29 is 4.57 Å². The van der Waals surface area contributed by atoms with Crippen LogP contribution in [-0.2, 0) is 19.5 Å². The maximum atomic E-state index is 2.46. The van der Waals surface area contributed by atoms with E-state index in [4.69, 9.17) is 0 Å². The molecule has 1 aromatic heterocycles. The summed E-state index contributed by atoms with van der Waals surface area (Å²) in [6.07, 6.45) is 10.8. The molecule has 22 heavy (non-hydrogen) atoms. The van der Waals surface area contributed by atoms with Crippen molar-refractivity contribution in [1.29, 1.82) is 0 Å². The number of benzene rings is 1. The van der Waals surface area contributed by atoms with Crippen LogP contribution in [0.25, 0.3) is 0 Å². The minimum Gasteiger partial charge on any atom is -0.234 e. The molecule has 0 aliphatic carbocycles. The third-order valence-corrected chi connectivity index (χ3v) is 4.24. The van der Waals surface area contributed by atoms with Crippen molar-refractivity contribution in [2.24, 2.45) is 0 Å². The lowest BCUT2D eigenvalue weighted by Gasteiger charge is -2.08. The summed E-state index contributed by atoms with van der Waals surface area (Å²) in [6.45, 7) is 9.15. The number of rotatable bonds is 9. The Labute approximate surface area is 135 Å². The van der Waals surface area contributed by atoms with Crippen LogP contribution in [0.15, 0.2) is 42.7 Å². The predicted molar refractivity (Wildman–Crippen MR) is 93.0 cm³/mol. The van der Waals surface area contributed by atoms with Gasteiger partial charge in [-0.3, -0.25) is 0 Å². The number of hydrogen-bond donors (Lipinski definition) is 0. The van der Waals surface area contributed by atoms with Gasteiger partial charge in [-0.1, -0.05) is 57.5 Å². The first-order valence-corrected chi connectivity index (χ1v) is 8.84. The summed E-state index contributed by atoms with van der Waals surface area (Å²) >= 11 is 0. The molecular formula is C20H31N2+. The molecule has 0 N–H and O–H groups in total. The molecule has 1 aromatic carbocycles. The van der Waals surface area contributed by atoms with Crippen LogP contribution >= 0.6 is 0 Å². The van der Waals surface area contributed by atoms with Crippen LogP contribution < -0.4 is 4.57 Å². The van der Waals surface area contributed by atoms with E-state index < -0.39 is 0 Å². The standard InChI is InChI=1S/C20H31N2/c1-4-5-9-14-21-16-17-22(20(21)18(2)3)15-10-13-19-11-7-6-8-12-19/h6-8,11-12,16-18H,4-5,9-10,13-15H2,1-3H3/q+1. The summed E-state index contributed by atoms with van der Waals surface area (Å²) in [5, 5.41) is 0. The van der Waals surface area contributed by atoms with E-state index >= 15 is 0 Å². The number of aryl methyl sites for hydroxylation is 3. The first kappa shape index (κ1) is 16.8. The number of unbranched alkanes of at least 4 members (excludes halogenated alkanes) is 2. The second-order valence-corrected chi connectivity index (χ2v) is 6.49. The van der Waals surface area contributed by atoms with Gasteiger partial charge in [0.2, 0.25) is 0 Å². The van der Waals surface area contributed by atoms with Gasteiger partial charge in [-0.15, -0.1) is 0 Å². The normalized spacial score (nSPS) is 11.3. The highest BCUT2D eigenvalue weighted by atomic mass is 15.1. The molecule has 0 unspecified atom stereocenters. The fraction of sp³-hybridized carbons (Fsp3) is 0.550. The van der Waals surface area contributed by atoms with Gasteiger partial charge in [0.15, 0.2) is 0 Å². The topological polar surface area (TPSA) is 8.81 Å². The van der Waals surface area contributed by atoms with Crippen LogP contribution in [-0.4, -0.2) is 4.57 Å². The van der Waals surface area contributed by atoms with Crippen molar-refractivity contribution in [3.8, 4) is 0 Å². The molecule has 0 bridgehead atoms. The third kappa shape index (κ3) is 4.72. The van der Waals surface area contributed by atoms with Gasteiger partial charge in [0.05, 0.1) is 19.0 Å². The monoisotopic (exact) mass is 299 g/mol. The van der Waals surface area contributed by atoms with Crippen molar-refractivity contribution in [3.63, 3.8) is 0 Å². The molecule has 0 spiro atoms. The summed E-state index contributed by atoms with van der Waals surface area (Å²) in [7, 11) is 0. The molecule has 0 amide bonds. The molecule has 0 saturated carbocycles. The van der Waals surface area contributed by atoms with E-state index in [2.05, 4.69) is 72.6 Å². The van der Waals surface area contributed by atoms with E-state index in [-0.39, 0.29) is 0 Å². The van der Waals surface area contributed by atoms with E-state index in [9.17, 15) is 0 Å². The number of hydrogen-bond acceptors (Lipinski definition) is 0. The fourth-order valence-electron chi connectivity index (χ4n) is 3.15. The lowest BCUT2D eigenvalue weighted by atomic mass is 10.1. The van der Waals surface area contributed by atoms with Gasteiger partial charge in [-0.2, -0.15) is 0 Å². The van der Waals surface area contributed by atoms with E-state index in [0.29, 0.717) is 5.92 Å². The molecule has 2 nitrogen and oxygen atoms in total. The van der Waals surface area contributed by atoms with Crippen LogP contribution in [0.1, 0.15) is 63.8 Å². The number of nitrogens with zero attached hydrogens (tertiary/aromatic N) is 2. The lowest BCUT2D eigenvalue weighted by molar-refractivity contribution is -0.705. The minimum atomic E-state index is 0.577. The molecule has 1 heterocycles. The summed E-state index contributed by atoms with van der Waals surface area (Å²) in [5.41, 5.74) is 1.44. The van der Waals surface area contributed by atoms with Crippen molar-refractivity contribution in [1.82, 2.24) is 4.57 Å². The zero-order valence-electron chi connectivity index (χ0n) is 14.5. The molecule has 2 heteroatoms. The summed E-state index contributed by atoms with van der Waals surface area (Å²) in [6, 6.07) is 10.8. The molecule has 0 saturated heterocycles. The molecule has 0 radical (unpaired) electrons. The van der Waals surface area contributed by atoms with Crippen LogP contribution in [0, 0.1) is 0 Å². The molecule has 0 atom stereocenters. The summed E-state index contributed by atoms with van der Waals surface area (Å²) in [4.78, 5) is 0. The van der Waals surface area contributed by atoms with Crippen LogP contribution in [0.5, 0.6) is 0 Å². The average Bonchev–Trinajstić information content (AvgIpc) is 2.92. The Bertz CT molecular complexity index is 540. The first-order chi connectivity index (χ1) is 10.7. The number of imidazole rings is 1. The minimum absolute atomic E-state index is 0.577. The highest BCUT2D eigenvalue weighted by Gasteiger charge is 2.19. The van der Waals surface area contributed by atoms with Gasteiger partial charge < -0.3 is 0 Å². The fourth-order valence-corrected chi connectivity index (χ4v) is 3.15. The van der Waals surface area contributed by atoms with E-state index in [1.54, 1.807) is 0 Å². The van der Waals surface area contributed by atoms with Crippen LogP contribution in [0.4, 0.5) is 0 Å². The van der Waals surface area contributed by atoms with Crippen molar-refractivity contribution in [2.75, 3.05) is 0 Å². The Morgan fingerprint density at radius 3 is 2.50 bits per heavy atom. The Kier molecular flexibility index (Phi) is 6.70. The second kappa shape index (κ2) is 8.77. The molecule has 2 aromatic rings. The SMILES string of the molecule is CCCCCn1cc[n+](CCCc2ccccc2)c1C(C)C. The lowest BCUT2D eigenvalue weighted by Crippen LogP contribution is -2.38. The van der Waals surface area contributed by atoms with E-state index in [1.165, 1.54) is 37.1 Å². The average molecular weight is 299 g/mol. The quantitative estimate of drug-likeness (QED) is 0.468. The van der Waals surface area contributed by atoms with Crippen LogP contribution in [0.2, 0.25) is 0 Å². The highest BCUT2D eigenvalue weighted by molar-refractivity contribution is 5.14. The highest BCUT2D eigenvalue weighted by Crippen LogP contribution is 2.12. The Hall–Kier alpha value is -1.57. The third-order valence-electron chi connectivity index (χ3n) is 4.24. The van der Waals surface area contributed by atoms with Gasteiger partial charge in [-0.05, 0) is 31.2 Å². The Morgan fingerprint density at radius 2 is 1.82 bits per heavy atom. The van der Waals surface area contributed by atoms with Gasteiger partial charge in [0, 0.05) is 0 Å². The zero-order chi connectivity index (χ0) is 15.8. The van der Waals surface area contributed by atoms with Gasteiger partial charge >= 0.3 is 0 Å². The number of aromatic nitrogens is 2. The van der Waals surface area contributed by atoms with Crippen molar-refractivity contribution >= 4 is 0 Å². The van der Waals surface area contributed by atoms with Crippen molar-refractivity contribution in [3.05, 3.63) is 54.1 Å². The molecule has 0 aliphatic heterocycles. The maximum absolute atomic E-state index is 2.46. The van der Waals surface area contributed by atoms with Gasteiger partial charge in [0.1, 0.15) is 12.4 Å². The molecular weight excluding hydrogens is 268 g/mol. The zero-order valence-corrected chi connectivity index (χ0v) is 14.5. The summed E-state index contributed by atoms with van der Waals surface area (Å²) in [5.74, 6) is 2.05. The predicted octanol–water partition coefficient (Wildman–Crippen LogP) is 4.72. The van der Waals surface area contributed by atoms with E-state index in [1.807, 2.05) is 0 Å². The molecule has 2 rings (SSSR count). The van der Waals surface area contributed by atoms with Crippen LogP contribution in [0.3, 0.4) is 0 Å². The second-order valence-electron chi connectivity index (χ2n) is 6.49. The first-order valence-electron chi connectivity index (χ1n) is 8.84. The largest absolute Gasteiger partial charge is 0.258 e. The molecule has 0 aliphatic rings. The van der Waals surface area contributed by atoms with Gasteiger partial charge in [-0.25, -0.2) is 9.13 Å². The maximum Gasteiger partial charge on any atom is 0.258 e.